The Hall–Kier alpha value is -1.15. The average molecular weight is 215 g/mol. The Balaban J connectivity index is 1.81. The molecule has 1 aromatic rings. The van der Waals surface area contributed by atoms with Crippen LogP contribution in [0.25, 0.3) is 0 Å². The first kappa shape index (κ1) is 10.0. The summed E-state index contributed by atoms with van der Waals surface area (Å²) >= 11 is 0. The molecule has 1 atom stereocenters. The topological polar surface area (TPSA) is 20.3 Å². The number of ketones is 1. The van der Waals surface area contributed by atoms with Gasteiger partial charge < -0.3 is 4.90 Å². The average Bonchev–Trinajstić information content (AvgIpc) is 2.40. The second-order valence-electron chi connectivity index (χ2n) is 4.97. The predicted molar refractivity (Wildman–Crippen MR) is 63.4 cm³/mol. The van der Waals surface area contributed by atoms with E-state index in [0.717, 1.165) is 12.1 Å². The molecule has 2 nitrogen and oxygen atoms in total. The van der Waals surface area contributed by atoms with Gasteiger partial charge in [0.2, 0.25) is 0 Å². The highest BCUT2D eigenvalue weighted by atomic mass is 16.1. The van der Waals surface area contributed by atoms with Crippen LogP contribution in [0.15, 0.2) is 30.3 Å². The number of piperidine rings is 3. The lowest BCUT2D eigenvalue weighted by atomic mass is 9.75. The van der Waals surface area contributed by atoms with E-state index in [1.54, 1.807) is 0 Å². The van der Waals surface area contributed by atoms with Crippen LogP contribution in [0.1, 0.15) is 23.2 Å². The van der Waals surface area contributed by atoms with Gasteiger partial charge in [-0.2, -0.15) is 0 Å². The molecule has 2 bridgehead atoms. The molecule has 0 radical (unpaired) electrons. The third-order valence-corrected chi connectivity index (χ3v) is 4.05. The van der Waals surface area contributed by atoms with Crippen LogP contribution in [0, 0.1) is 11.8 Å². The second-order valence-corrected chi connectivity index (χ2v) is 4.97. The van der Waals surface area contributed by atoms with Gasteiger partial charge in [-0.15, -0.1) is 0 Å². The van der Waals surface area contributed by atoms with Crippen LogP contribution < -0.4 is 0 Å². The highest BCUT2D eigenvalue weighted by Gasteiger charge is 2.38. The van der Waals surface area contributed by atoms with Crippen molar-refractivity contribution >= 4 is 5.78 Å². The second kappa shape index (κ2) is 4.02. The van der Waals surface area contributed by atoms with Crippen molar-refractivity contribution in [1.82, 2.24) is 4.90 Å². The van der Waals surface area contributed by atoms with Crippen LogP contribution in [0.4, 0.5) is 0 Å². The van der Waals surface area contributed by atoms with E-state index in [9.17, 15) is 4.79 Å². The summed E-state index contributed by atoms with van der Waals surface area (Å²) in [5, 5.41) is 0. The summed E-state index contributed by atoms with van der Waals surface area (Å²) in [6.07, 6.45) is 2.42. The van der Waals surface area contributed by atoms with Crippen molar-refractivity contribution in [2.45, 2.75) is 12.8 Å². The smallest absolute Gasteiger partial charge is 0.167 e. The fourth-order valence-corrected chi connectivity index (χ4v) is 3.08. The van der Waals surface area contributed by atoms with Crippen molar-refractivity contribution < 1.29 is 4.79 Å². The molecule has 3 saturated heterocycles. The summed E-state index contributed by atoms with van der Waals surface area (Å²) in [7, 11) is 0. The fraction of sp³-hybridized carbons (Fsp3) is 0.500. The van der Waals surface area contributed by atoms with Gasteiger partial charge >= 0.3 is 0 Å². The zero-order chi connectivity index (χ0) is 11.0. The van der Waals surface area contributed by atoms with E-state index in [-0.39, 0.29) is 5.92 Å². The van der Waals surface area contributed by atoms with E-state index in [1.165, 1.54) is 25.9 Å². The Morgan fingerprint density at radius 1 is 1.12 bits per heavy atom. The highest BCUT2D eigenvalue weighted by molar-refractivity contribution is 5.98. The Morgan fingerprint density at radius 2 is 1.81 bits per heavy atom. The molecule has 4 rings (SSSR count). The molecule has 3 heterocycles. The molecule has 0 spiro atoms. The van der Waals surface area contributed by atoms with Crippen LogP contribution in [-0.2, 0) is 0 Å². The molecule has 0 amide bonds. The maximum atomic E-state index is 12.4. The van der Waals surface area contributed by atoms with Crippen LogP contribution in [-0.4, -0.2) is 30.3 Å². The van der Waals surface area contributed by atoms with Gasteiger partial charge in [-0.3, -0.25) is 4.79 Å². The first-order chi connectivity index (χ1) is 7.84. The summed E-state index contributed by atoms with van der Waals surface area (Å²) in [6, 6.07) is 9.76. The van der Waals surface area contributed by atoms with Gasteiger partial charge in [0.15, 0.2) is 5.78 Å². The Labute approximate surface area is 96.3 Å². The Bertz CT molecular complexity index is 379. The van der Waals surface area contributed by atoms with Crippen LogP contribution in [0.2, 0.25) is 0 Å². The van der Waals surface area contributed by atoms with Crippen molar-refractivity contribution in [3.05, 3.63) is 35.9 Å². The lowest BCUT2D eigenvalue weighted by Crippen LogP contribution is -2.50. The predicted octanol–water partition coefficient (Wildman–Crippen LogP) is 2.21. The van der Waals surface area contributed by atoms with E-state index in [1.807, 2.05) is 30.3 Å². The molecule has 3 aliphatic rings. The Morgan fingerprint density at radius 3 is 2.38 bits per heavy atom. The number of nitrogens with zero attached hydrogens (tertiary/aromatic N) is 1. The van der Waals surface area contributed by atoms with Gasteiger partial charge in [-0.1, -0.05) is 30.3 Å². The molecule has 0 aromatic heterocycles. The van der Waals surface area contributed by atoms with Gasteiger partial charge in [0, 0.05) is 18.0 Å². The number of fused-ring (bicyclic) bond motifs is 3. The lowest BCUT2D eigenvalue weighted by molar-refractivity contribution is 0.0419. The minimum absolute atomic E-state index is 0.255. The number of hydrogen-bond acceptors (Lipinski definition) is 2. The normalized spacial score (nSPS) is 32.6. The zero-order valence-electron chi connectivity index (χ0n) is 9.43. The molecule has 0 unspecified atom stereocenters. The number of benzene rings is 1. The third kappa shape index (κ3) is 1.67. The molecule has 16 heavy (non-hydrogen) atoms. The number of carbonyl (C=O) groups excluding carboxylic acids is 1. The van der Waals surface area contributed by atoms with Crippen LogP contribution in [0.3, 0.4) is 0 Å². The standard InChI is InChI=1S/C14H17NO/c16-14(12-4-2-1-3-5-12)13-10-15-8-6-11(13)7-9-15/h1-5,11,13H,6-10H2/t13-/m0/s1. The molecule has 0 N–H and O–H groups in total. The third-order valence-electron chi connectivity index (χ3n) is 4.05. The highest BCUT2D eigenvalue weighted by Crippen LogP contribution is 2.34. The first-order valence-electron chi connectivity index (χ1n) is 6.16. The SMILES string of the molecule is O=C(c1ccccc1)[C@H]1CN2CCC1CC2. The molecule has 2 heteroatoms. The molecular formula is C14H17NO. The quantitative estimate of drug-likeness (QED) is 0.705. The summed E-state index contributed by atoms with van der Waals surface area (Å²) in [4.78, 5) is 14.8. The molecule has 0 saturated carbocycles. The summed E-state index contributed by atoms with van der Waals surface area (Å²) < 4.78 is 0. The first-order valence-corrected chi connectivity index (χ1v) is 6.16. The summed E-state index contributed by atoms with van der Waals surface area (Å²) in [6.45, 7) is 3.38. The largest absolute Gasteiger partial charge is 0.303 e. The minimum Gasteiger partial charge on any atom is -0.303 e. The molecule has 3 fully saturated rings. The van der Waals surface area contributed by atoms with Crippen LogP contribution >= 0.6 is 0 Å². The van der Waals surface area contributed by atoms with Gasteiger partial charge in [-0.25, -0.2) is 0 Å². The molecule has 0 aliphatic carbocycles. The van der Waals surface area contributed by atoms with E-state index < -0.39 is 0 Å². The van der Waals surface area contributed by atoms with Gasteiger partial charge in [0.05, 0.1) is 0 Å². The maximum Gasteiger partial charge on any atom is 0.167 e. The zero-order valence-corrected chi connectivity index (χ0v) is 9.43. The van der Waals surface area contributed by atoms with Crippen molar-refractivity contribution in [2.24, 2.45) is 11.8 Å². The molecule has 3 aliphatic heterocycles. The maximum absolute atomic E-state index is 12.4. The summed E-state index contributed by atoms with van der Waals surface area (Å²) in [5.74, 6) is 1.25. The lowest BCUT2D eigenvalue weighted by Gasteiger charge is -2.44. The number of rotatable bonds is 2. The van der Waals surface area contributed by atoms with Gasteiger partial charge in [-0.05, 0) is 31.8 Å². The molecule has 1 aromatic carbocycles. The summed E-state index contributed by atoms with van der Waals surface area (Å²) in [5.41, 5.74) is 0.890. The van der Waals surface area contributed by atoms with Gasteiger partial charge in [0.1, 0.15) is 0 Å². The fourth-order valence-electron chi connectivity index (χ4n) is 3.08. The monoisotopic (exact) mass is 215 g/mol. The van der Waals surface area contributed by atoms with Crippen LogP contribution in [0.5, 0.6) is 0 Å². The van der Waals surface area contributed by atoms with E-state index in [4.69, 9.17) is 0 Å². The van der Waals surface area contributed by atoms with E-state index >= 15 is 0 Å². The Kier molecular flexibility index (Phi) is 2.52. The van der Waals surface area contributed by atoms with Crippen molar-refractivity contribution in [3.63, 3.8) is 0 Å². The molecule has 84 valence electrons. The van der Waals surface area contributed by atoms with E-state index in [0.29, 0.717) is 11.7 Å². The van der Waals surface area contributed by atoms with Crippen molar-refractivity contribution in [3.8, 4) is 0 Å². The number of hydrogen-bond donors (Lipinski definition) is 0. The molecular weight excluding hydrogens is 198 g/mol. The van der Waals surface area contributed by atoms with Gasteiger partial charge in [0.25, 0.3) is 0 Å². The van der Waals surface area contributed by atoms with Crippen molar-refractivity contribution in [2.75, 3.05) is 19.6 Å². The minimum atomic E-state index is 0.255. The number of Topliss-reactive ketones (excluding diaryl/α,β-unsaturated/α-hetero) is 1. The van der Waals surface area contributed by atoms with Crippen molar-refractivity contribution in [1.29, 1.82) is 0 Å². The van der Waals surface area contributed by atoms with E-state index in [2.05, 4.69) is 4.90 Å². The number of carbonyl (C=O) groups is 1.